The second-order valence-corrected chi connectivity index (χ2v) is 4.77. The number of carbonyl (C=O) groups excluding carboxylic acids is 1. The second-order valence-electron chi connectivity index (χ2n) is 3.68. The standard InChI is InChI=1S/C14H12F2O3S/c1-3-8(7-9(4-2)14(18)19)10-5-6-11(20-10)12(17)13(15)16/h3-7,13H,2H2,1H3,(H,18,19)/b8-3+,9-7+. The molecule has 0 atom stereocenters. The van der Waals surface area contributed by atoms with Crippen molar-refractivity contribution in [2.75, 3.05) is 0 Å². The van der Waals surface area contributed by atoms with Gasteiger partial charge in [0.2, 0.25) is 5.78 Å². The molecular weight excluding hydrogens is 286 g/mol. The molecule has 0 radical (unpaired) electrons. The third-order valence-corrected chi connectivity index (χ3v) is 3.57. The first-order chi connectivity index (χ1) is 9.40. The molecule has 1 rings (SSSR count). The van der Waals surface area contributed by atoms with Crippen molar-refractivity contribution in [3.05, 3.63) is 52.3 Å². The summed E-state index contributed by atoms with van der Waals surface area (Å²) in [5, 5.41) is 8.91. The van der Waals surface area contributed by atoms with E-state index in [-0.39, 0.29) is 10.5 Å². The number of hydrogen-bond acceptors (Lipinski definition) is 3. The maximum atomic E-state index is 12.3. The van der Waals surface area contributed by atoms with Crippen LogP contribution in [0.3, 0.4) is 0 Å². The minimum atomic E-state index is -3.05. The molecule has 0 aliphatic heterocycles. The van der Waals surface area contributed by atoms with Crippen LogP contribution in [0.15, 0.2) is 42.5 Å². The highest BCUT2D eigenvalue weighted by molar-refractivity contribution is 7.15. The number of carboxylic acids is 1. The average molecular weight is 298 g/mol. The van der Waals surface area contributed by atoms with Crippen LogP contribution in [-0.4, -0.2) is 23.3 Å². The number of aliphatic carboxylic acids is 1. The maximum absolute atomic E-state index is 12.3. The Hall–Kier alpha value is -2.08. The predicted octanol–water partition coefficient (Wildman–Crippen LogP) is 3.80. The van der Waals surface area contributed by atoms with Gasteiger partial charge >= 0.3 is 12.4 Å². The quantitative estimate of drug-likeness (QED) is 0.494. The first-order valence-electron chi connectivity index (χ1n) is 5.57. The summed E-state index contributed by atoms with van der Waals surface area (Å²) in [4.78, 5) is 22.6. The second kappa shape index (κ2) is 6.91. The van der Waals surface area contributed by atoms with Gasteiger partial charge in [-0.05, 0) is 30.7 Å². The van der Waals surface area contributed by atoms with Crippen LogP contribution in [0, 0.1) is 0 Å². The van der Waals surface area contributed by atoms with E-state index < -0.39 is 18.2 Å². The third kappa shape index (κ3) is 3.71. The zero-order valence-corrected chi connectivity index (χ0v) is 11.4. The molecule has 0 amide bonds. The molecule has 1 aromatic heterocycles. The summed E-state index contributed by atoms with van der Waals surface area (Å²) in [5.74, 6) is -2.37. The van der Waals surface area contributed by atoms with E-state index in [2.05, 4.69) is 6.58 Å². The smallest absolute Gasteiger partial charge is 0.335 e. The highest BCUT2D eigenvalue weighted by Crippen LogP contribution is 2.27. The fourth-order valence-corrected chi connectivity index (χ4v) is 2.40. The predicted molar refractivity (Wildman–Crippen MR) is 74.2 cm³/mol. The summed E-state index contributed by atoms with van der Waals surface area (Å²) in [7, 11) is 0. The summed E-state index contributed by atoms with van der Waals surface area (Å²) in [6.45, 7) is 5.08. The zero-order valence-electron chi connectivity index (χ0n) is 10.6. The van der Waals surface area contributed by atoms with Gasteiger partial charge in [0.1, 0.15) is 0 Å². The maximum Gasteiger partial charge on any atom is 0.335 e. The number of halogens is 2. The lowest BCUT2D eigenvalue weighted by Gasteiger charge is -2.00. The number of hydrogen-bond donors (Lipinski definition) is 1. The van der Waals surface area contributed by atoms with Gasteiger partial charge in [-0.2, -0.15) is 0 Å². The minimum Gasteiger partial charge on any atom is -0.478 e. The van der Waals surface area contributed by atoms with Crippen LogP contribution in [0.2, 0.25) is 0 Å². The number of thiophene rings is 1. The van der Waals surface area contributed by atoms with E-state index >= 15 is 0 Å². The first-order valence-corrected chi connectivity index (χ1v) is 6.38. The van der Waals surface area contributed by atoms with Gasteiger partial charge in [-0.25, -0.2) is 13.6 Å². The molecular formula is C14H12F2O3S. The lowest BCUT2D eigenvalue weighted by atomic mass is 10.1. The van der Waals surface area contributed by atoms with Gasteiger partial charge in [0, 0.05) is 4.88 Å². The van der Waals surface area contributed by atoms with E-state index in [9.17, 15) is 18.4 Å². The van der Waals surface area contributed by atoms with Crippen molar-refractivity contribution in [3.63, 3.8) is 0 Å². The van der Waals surface area contributed by atoms with Crippen LogP contribution in [-0.2, 0) is 4.79 Å². The molecule has 0 aliphatic carbocycles. The minimum absolute atomic E-state index is 0.0202. The van der Waals surface area contributed by atoms with Crippen molar-refractivity contribution in [2.45, 2.75) is 13.3 Å². The summed E-state index contributed by atoms with van der Waals surface area (Å²) in [6, 6.07) is 2.81. The Balaban J connectivity index is 3.13. The van der Waals surface area contributed by atoms with Crippen molar-refractivity contribution in [1.29, 1.82) is 0 Å². The van der Waals surface area contributed by atoms with Gasteiger partial charge in [-0.1, -0.05) is 18.7 Å². The molecule has 0 fully saturated rings. The van der Waals surface area contributed by atoms with Gasteiger partial charge in [0.15, 0.2) is 0 Å². The summed E-state index contributed by atoms with van der Waals surface area (Å²) < 4.78 is 24.6. The fraction of sp³-hybridized carbons (Fsp3) is 0.143. The first kappa shape index (κ1) is 16.0. The van der Waals surface area contributed by atoms with Crippen molar-refractivity contribution < 1.29 is 23.5 Å². The normalized spacial score (nSPS) is 12.6. The number of ketones is 1. The molecule has 20 heavy (non-hydrogen) atoms. The Bertz CT molecular complexity index is 597. The fourth-order valence-electron chi connectivity index (χ4n) is 1.41. The SMILES string of the molecule is C=C/C(=C\C(=C/C)c1ccc(C(=O)C(F)F)s1)C(=O)O. The van der Waals surface area contributed by atoms with Crippen LogP contribution in [0.25, 0.3) is 5.57 Å². The van der Waals surface area contributed by atoms with E-state index in [0.29, 0.717) is 10.5 Å². The van der Waals surface area contributed by atoms with Crippen LogP contribution in [0.5, 0.6) is 0 Å². The van der Waals surface area contributed by atoms with E-state index in [1.54, 1.807) is 13.0 Å². The van der Waals surface area contributed by atoms with Crippen LogP contribution < -0.4 is 0 Å². The zero-order chi connectivity index (χ0) is 15.3. The molecule has 0 aromatic carbocycles. The molecule has 0 unspecified atom stereocenters. The molecule has 0 saturated heterocycles. The molecule has 3 nitrogen and oxygen atoms in total. The third-order valence-electron chi connectivity index (χ3n) is 2.42. The topological polar surface area (TPSA) is 54.4 Å². The van der Waals surface area contributed by atoms with E-state index in [4.69, 9.17) is 5.11 Å². The molecule has 106 valence electrons. The Morgan fingerprint density at radius 1 is 1.35 bits per heavy atom. The van der Waals surface area contributed by atoms with Gasteiger partial charge in [0.25, 0.3) is 0 Å². The summed E-state index contributed by atoms with van der Waals surface area (Å²) in [5.41, 5.74) is 0.508. The number of carbonyl (C=O) groups is 2. The highest BCUT2D eigenvalue weighted by atomic mass is 32.1. The van der Waals surface area contributed by atoms with E-state index in [0.717, 1.165) is 11.3 Å². The van der Waals surface area contributed by atoms with Crippen molar-refractivity contribution in [2.24, 2.45) is 0 Å². The van der Waals surface area contributed by atoms with Crippen molar-refractivity contribution >= 4 is 28.7 Å². The molecule has 1 N–H and O–H groups in total. The van der Waals surface area contributed by atoms with Gasteiger partial charge in [-0.3, -0.25) is 4.79 Å². The largest absolute Gasteiger partial charge is 0.478 e. The van der Waals surface area contributed by atoms with Gasteiger partial charge < -0.3 is 5.11 Å². The number of carboxylic acid groups (broad SMARTS) is 1. The van der Waals surface area contributed by atoms with Crippen LogP contribution in [0.4, 0.5) is 8.78 Å². The van der Waals surface area contributed by atoms with E-state index in [1.807, 2.05) is 0 Å². The van der Waals surface area contributed by atoms with E-state index in [1.165, 1.54) is 24.3 Å². The monoisotopic (exact) mass is 298 g/mol. The Morgan fingerprint density at radius 3 is 2.40 bits per heavy atom. The van der Waals surface area contributed by atoms with Crippen molar-refractivity contribution in [3.8, 4) is 0 Å². The Morgan fingerprint density at radius 2 is 1.95 bits per heavy atom. The molecule has 6 heteroatoms. The lowest BCUT2D eigenvalue weighted by Crippen LogP contribution is -2.07. The average Bonchev–Trinajstić information content (AvgIpc) is 2.88. The number of rotatable bonds is 6. The number of allylic oxidation sites excluding steroid dienone is 3. The highest BCUT2D eigenvalue weighted by Gasteiger charge is 2.20. The number of alkyl halides is 2. The molecule has 0 aliphatic rings. The molecule has 0 bridgehead atoms. The van der Waals surface area contributed by atoms with Crippen LogP contribution in [0.1, 0.15) is 21.5 Å². The number of Topliss-reactive ketones (excluding diaryl/α,β-unsaturated/α-hetero) is 1. The molecule has 0 spiro atoms. The molecule has 1 aromatic rings. The summed E-state index contributed by atoms with van der Waals surface area (Å²) in [6.07, 6.45) is 1.14. The van der Waals surface area contributed by atoms with Gasteiger partial charge in [0.05, 0.1) is 10.5 Å². The lowest BCUT2D eigenvalue weighted by molar-refractivity contribution is -0.132. The molecule has 1 heterocycles. The summed E-state index contributed by atoms with van der Waals surface area (Å²) >= 11 is 0.897. The Kier molecular flexibility index (Phi) is 5.52. The van der Waals surface area contributed by atoms with Gasteiger partial charge in [-0.15, -0.1) is 11.3 Å². The Labute approximate surface area is 118 Å². The van der Waals surface area contributed by atoms with Crippen LogP contribution >= 0.6 is 11.3 Å². The van der Waals surface area contributed by atoms with Crippen molar-refractivity contribution in [1.82, 2.24) is 0 Å². The molecule has 0 saturated carbocycles.